The van der Waals surface area contributed by atoms with E-state index in [1.165, 1.54) is 0 Å². The predicted molar refractivity (Wildman–Crippen MR) is 47.4 cm³/mol. The van der Waals surface area contributed by atoms with Gasteiger partial charge in [-0.05, 0) is 31.9 Å². The van der Waals surface area contributed by atoms with Crippen LogP contribution in [0.15, 0.2) is 19.9 Å². The Hall–Kier alpha value is -0.230. The summed E-state index contributed by atoms with van der Waals surface area (Å²) in [6, 6.07) is 0.861. The van der Waals surface area contributed by atoms with Crippen molar-refractivity contribution in [2.45, 2.75) is 6.43 Å². The number of pyridine rings is 1. The molecule has 0 saturated carbocycles. The third-order valence-corrected chi connectivity index (χ3v) is 3.18. The lowest BCUT2D eigenvalue weighted by Gasteiger charge is -2.02. The number of nitrogens with one attached hydrogen (secondary N) is 1. The summed E-state index contributed by atoms with van der Waals surface area (Å²) >= 11 is 5.85. The highest BCUT2D eigenvalue weighted by atomic mass is 79.9. The molecule has 0 unspecified atom stereocenters. The summed E-state index contributed by atoms with van der Waals surface area (Å²) in [5.41, 5.74) is -0.869. The molecule has 0 aromatic carbocycles. The van der Waals surface area contributed by atoms with Gasteiger partial charge in [-0.1, -0.05) is 0 Å². The van der Waals surface area contributed by atoms with Crippen molar-refractivity contribution >= 4 is 31.9 Å². The average molecular weight is 303 g/mol. The number of halogens is 4. The zero-order valence-corrected chi connectivity index (χ0v) is 8.75. The van der Waals surface area contributed by atoms with E-state index in [9.17, 15) is 13.6 Å². The van der Waals surface area contributed by atoms with Crippen LogP contribution in [-0.4, -0.2) is 4.98 Å². The van der Waals surface area contributed by atoms with Gasteiger partial charge in [0.25, 0.3) is 6.43 Å². The molecule has 6 heteroatoms. The fourth-order valence-corrected chi connectivity index (χ4v) is 1.50. The minimum atomic E-state index is -2.65. The third kappa shape index (κ3) is 1.92. The van der Waals surface area contributed by atoms with Gasteiger partial charge in [-0.3, -0.25) is 4.79 Å². The first-order valence-electron chi connectivity index (χ1n) is 2.88. The second-order valence-corrected chi connectivity index (χ2v) is 3.60. The molecular weight excluding hydrogens is 300 g/mol. The summed E-state index contributed by atoms with van der Waals surface area (Å²) in [5, 5.41) is 0. The van der Waals surface area contributed by atoms with Crippen LogP contribution < -0.4 is 5.56 Å². The van der Waals surface area contributed by atoms with Gasteiger partial charge in [0.15, 0.2) is 0 Å². The van der Waals surface area contributed by atoms with Gasteiger partial charge in [0, 0.05) is 11.6 Å². The van der Waals surface area contributed by atoms with E-state index in [-0.39, 0.29) is 14.6 Å². The zero-order chi connectivity index (χ0) is 9.30. The molecule has 0 aliphatic carbocycles. The zero-order valence-electron chi connectivity index (χ0n) is 5.57. The number of rotatable bonds is 1. The summed E-state index contributed by atoms with van der Waals surface area (Å²) < 4.78 is 24.8. The number of aromatic nitrogens is 1. The van der Waals surface area contributed by atoms with Crippen LogP contribution in [0.2, 0.25) is 0 Å². The SMILES string of the molecule is O=c1cc(C(F)F)c(Br)c(Br)[nH]1. The Bertz CT molecular complexity index is 350. The van der Waals surface area contributed by atoms with Gasteiger partial charge in [-0.15, -0.1) is 0 Å². The van der Waals surface area contributed by atoms with Gasteiger partial charge in [0.1, 0.15) is 0 Å². The van der Waals surface area contributed by atoms with Crippen molar-refractivity contribution in [3.63, 3.8) is 0 Å². The number of hydrogen-bond donors (Lipinski definition) is 1. The quantitative estimate of drug-likeness (QED) is 0.795. The lowest BCUT2D eigenvalue weighted by Crippen LogP contribution is -2.07. The molecule has 0 saturated heterocycles. The van der Waals surface area contributed by atoms with E-state index in [2.05, 4.69) is 36.8 Å². The highest BCUT2D eigenvalue weighted by Gasteiger charge is 2.14. The van der Waals surface area contributed by atoms with Gasteiger partial charge >= 0.3 is 0 Å². The minimum absolute atomic E-state index is 0.178. The summed E-state index contributed by atoms with van der Waals surface area (Å²) in [5.74, 6) is 0. The maximum absolute atomic E-state index is 12.2. The smallest absolute Gasteiger partial charge is 0.265 e. The standard InChI is InChI=1S/C6H3Br2F2NO/c7-4-2(6(9)10)1-3(12)11-5(4)8/h1,6H,(H,11,12). The first-order chi connectivity index (χ1) is 5.52. The molecule has 1 rings (SSSR count). The Morgan fingerprint density at radius 2 is 2.00 bits per heavy atom. The van der Waals surface area contributed by atoms with Crippen molar-refractivity contribution in [3.05, 3.63) is 31.1 Å². The molecule has 66 valence electrons. The van der Waals surface area contributed by atoms with Crippen LogP contribution in [0.4, 0.5) is 8.78 Å². The van der Waals surface area contributed by atoms with E-state index in [1.807, 2.05) is 0 Å². The van der Waals surface area contributed by atoms with Crippen molar-refractivity contribution < 1.29 is 8.78 Å². The number of hydrogen-bond acceptors (Lipinski definition) is 1. The van der Waals surface area contributed by atoms with Crippen LogP contribution in [0.1, 0.15) is 12.0 Å². The maximum atomic E-state index is 12.2. The van der Waals surface area contributed by atoms with Crippen LogP contribution in [0.3, 0.4) is 0 Å². The Labute approximate surface area is 83.2 Å². The molecule has 0 amide bonds. The molecular formula is C6H3Br2F2NO. The van der Waals surface area contributed by atoms with Crippen molar-refractivity contribution in [1.82, 2.24) is 4.98 Å². The number of H-pyrrole nitrogens is 1. The molecule has 1 aromatic rings. The largest absolute Gasteiger partial charge is 0.316 e. The molecule has 0 spiro atoms. The lowest BCUT2D eigenvalue weighted by atomic mass is 10.3. The highest BCUT2D eigenvalue weighted by Crippen LogP contribution is 2.30. The normalized spacial score (nSPS) is 10.8. The molecule has 0 aliphatic rings. The van der Waals surface area contributed by atoms with E-state index in [0.29, 0.717) is 0 Å². The van der Waals surface area contributed by atoms with Gasteiger partial charge in [-0.25, -0.2) is 8.78 Å². The maximum Gasteiger partial charge on any atom is 0.265 e. The van der Waals surface area contributed by atoms with Crippen molar-refractivity contribution in [2.75, 3.05) is 0 Å². The Morgan fingerprint density at radius 3 is 2.50 bits per heavy atom. The topological polar surface area (TPSA) is 32.9 Å². The average Bonchev–Trinajstić information content (AvgIpc) is 1.96. The van der Waals surface area contributed by atoms with Crippen LogP contribution in [0.5, 0.6) is 0 Å². The highest BCUT2D eigenvalue weighted by molar-refractivity contribution is 9.13. The van der Waals surface area contributed by atoms with Gasteiger partial charge in [0.2, 0.25) is 5.56 Å². The van der Waals surface area contributed by atoms with E-state index >= 15 is 0 Å². The van der Waals surface area contributed by atoms with E-state index in [4.69, 9.17) is 0 Å². The first kappa shape index (κ1) is 9.85. The Balaban J connectivity index is 3.38. The molecule has 0 aliphatic heterocycles. The molecule has 1 aromatic heterocycles. The first-order valence-corrected chi connectivity index (χ1v) is 4.47. The fourth-order valence-electron chi connectivity index (χ4n) is 0.689. The van der Waals surface area contributed by atoms with Gasteiger partial charge in [-0.2, -0.15) is 0 Å². The second kappa shape index (κ2) is 3.66. The molecule has 0 fully saturated rings. The number of aromatic amines is 1. The van der Waals surface area contributed by atoms with Crippen molar-refractivity contribution in [1.29, 1.82) is 0 Å². The van der Waals surface area contributed by atoms with Crippen LogP contribution in [0.25, 0.3) is 0 Å². The predicted octanol–water partition coefficient (Wildman–Crippen LogP) is 2.84. The van der Waals surface area contributed by atoms with Crippen LogP contribution in [0, 0.1) is 0 Å². The molecule has 1 N–H and O–H groups in total. The van der Waals surface area contributed by atoms with Gasteiger partial charge in [0.05, 0.1) is 9.08 Å². The molecule has 1 heterocycles. The minimum Gasteiger partial charge on any atom is -0.316 e. The molecule has 0 atom stereocenters. The van der Waals surface area contributed by atoms with E-state index < -0.39 is 12.0 Å². The monoisotopic (exact) mass is 301 g/mol. The summed E-state index contributed by atoms with van der Waals surface area (Å²) in [7, 11) is 0. The van der Waals surface area contributed by atoms with E-state index in [0.717, 1.165) is 6.07 Å². The molecule has 0 radical (unpaired) electrons. The van der Waals surface area contributed by atoms with Gasteiger partial charge < -0.3 is 4.98 Å². The van der Waals surface area contributed by atoms with Crippen LogP contribution in [-0.2, 0) is 0 Å². The molecule has 12 heavy (non-hydrogen) atoms. The fraction of sp³-hybridized carbons (Fsp3) is 0.167. The third-order valence-electron chi connectivity index (χ3n) is 1.20. The molecule has 2 nitrogen and oxygen atoms in total. The van der Waals surface area contributed by atoms with Crippen molar-refractivity contribution in [2.24, 2.45) is 0 Å². The lowest BCUT2D eigenvalue weighted by molar-refractivity contribution is 0.150. The van der Waals surface area contributed by atoms with Crippen LogP contribution >= 0.6 is 31.9 Å². The Morgan fingerprint density at radius 1 is 1.42 bits per heavy atom. The number of alkyl halides is 2. The van der Waals surface area contributed by atoms with Crippen molar-refractivity contribution in [3.8, 4) is 0 Å². The summed E-state index contributed by atoms with van der Waals surface area (Å²) in [6.45, 7) is 0. The molecule has 0 bridgehead atoms. The second-order valence-electron chi connectivity index (χ2n) is 2.02. The Kier molecular flexibility index (Phi) is 3.00. The van der Waals surface area contributed by atoms with E-state index in [1.54, 1.807) is 0 Å². The summed E-state index contributed by atoms with van der Waals surface area (Å²) in [4.78, 5) is 13.0. The summed E-state index contributed by atoms with van der Waals surface area (Å²) in [6.07, 6.45) is -2.65.